The summed E-state index contributed by atoms with van der Waals surface area (Å²) in [5.74, 6) is 0.849. The quantitative estimate of drug-likeness (QED) is 0.657. The molecule has 0 bridgehead atoms. The number of aliphatic hydroxyl groups excluding tert-OH is 1. The largest absolute Gasteiger partial charge is 0.467 e. The van der Waals surface area contributed by atoms with Gasteiger partial charge in [-0.15, -0.1) is 0 Å². The van der Waals surface area contributed by atoms with Crippen molar-refractivity contribution in [2.24, 2.45) is 0 Å². The van der Waals surface area contributed by atoms with Gasteiger partial charge < -0.3 is 23.9 Å². The van der Waals surface area contributed by atoms with Crippen LogP contribution >= 0.6 is 0 Å². The third kappa shape index (κ3) is 5.54. The lowest BCUT2D eigenvalue weighted by atomic mass is 10.0. The number of ether oxygens (including phenoxy) is 2. The summed E-state index contributed by atoms with van der Waals surface area (Å²) >= 11 is 0. The van der Waals surface area contributed by atoms with E-state index in [2.05, 4.69) is 4.90 Å². The molecule has 1 N–H and O–H groups in total. The molecular formula is C20H32N2O5. The fraction of sp³-hybridized carbons (Fsp3) is 0.750. The van der Waals surface area contributed by atoms with Gasteiger partial charge in [-0.2, -0.15) is 0 Å². The second kappa shape index (κ2) is 10.2. The lowest BCUT2D eigenvalue weighted by Crippen LogP contribution is -2.50. The second-order valence-electron chi connectivity index (χ2n) is 7.34. The third-order valence-electron chi connectivity index (χ3n) is 5.42. The van der Waals surface area contributed by atoms with Crippen molar-refractivity contribution >= 4 is 5.91 Å². The molecule has 2 saturated heterocycles. The second-order valence-corrected chi connectivity index (χ2v) is 7.34. The topological polar surface area (TPSA) is 75.4 Å². The van der Waals surface area contributed by atoms with E-state index >= 15 is 0 Å². The maximum absolute atomic E-state index is 13.4. The van der Waals surface area contributed by atoms with E-state index in [1.165, 1.54) is 0 Å². The molecule has 0 unspecified atom stereocenters. The van der Waals surface area contributed by atoms with E-state index in [0.29, 0.717) is 45.3 Å². The van der Waals surface area contributed by atoms with Crippen LogP contribution in [0.25, 0.3) is 0 Å². The maximum atomic E-state index is 13.4. The van der Waals surface area contributed by atoms with Crippen molar-refractivity contribution in [1.82, 2.24) is 9.80 Å². The Morgan fingerprint density at radius 3 is 2.93 bits per heavy atom. The van der Waals surface area contributed by atoms with Crippen molar-refractivity contribution in [2.75, 3.05) is 39.5 Å². The monoisotopic (exact) mass is 380 g/mol. The summed E-state index contributed by atoms with van der Waals surface area (Å²) in [5.41, 5.74) is 0. The molecule has 0 radical (unpaired) electrons. The first-order valence-corrected chi connectivity index (χ1v) is 10.1. The number of hydrogen-bond acceptors (Lipinski definition) is 6. The number of amides is 1. The smallest absolute Gasteiger partial charge is 0.240 e. The van der Waals surface area contributed by atoms with Crippen LogP contribution in [0.3, 0.4) is 0 Å². The zero-order valence-electron chi connectivity index (χ0n) is 16.2. The molecule has 0 saturated carbocycles. The highest BCUT2D eigenvalue weighted by molar-refractivity contribution is 5.82. The molecule has 7 heteroatoms. The molecule has 27 heavy (non-hydrogen) atoms. The zero-order valence-corrected chi connectivity index (χ0v) is 16.2. The zero-order chi connectivity index (χ0) is 19.1. The fourth-order valence-corrected chi connectivity index (χ4v) is 4.07. The van der Waals surface area contributed by atoms with Gasteiger partial charge in [-0.3, -0.25) is 9.69 Å². The van der Waals surface area contributed by atoms with Crippen molar-refractivity contribution in [3.63, 3.8) is 0 Å². The van der Waals surface area contributed by atoms with Crippen LogP contribution in [-0.2, 0) is 20.8 Å². The van der Waals surface area contributed by atoms with Gasteiger partial charge in [0.05, 0.1) is 25.0 Å². The Morgan fingerprint density at radius 2 is 2.22 bits per heavy atom. The molecule has 152 valence electrons. The molecule has 0 aliphatic carbocycles. The van der Waals surface area contributed by atoms with Crippen LogP contribution in [0.5, 0.6) is 0 Å². The molecule has 0 spiro atoms. The molecule has 3 heterocycles. The van der Waals surface area contributed by atoms with Crippen molar-refractivity contribution in [3.05, 3.63) is 24.2 Å². The van der Waals surface area contributed by atoms with E-state index in [-0.39, 0.29) is 11.9 Å². The number of furan rings is 1. The van der Waals surface area contributed by atoms with Crippen LogP contribution in [-0.4, -0.2) is 78.5 Å². The van der Waals surface area contributed by atoms with Gasteiger partial charge in [0.25, 0.3) is 0 Å². The van der Waals surface area contributed by atoms with Gasteiger partial charge in [-0.05, 0) is 44.7 Å². The molecule has 2 aliphatic heterocycles. The van der Waals surface area contributed by atoms with Gasteiger partial charge in [-0.1, -0.05) is 0 Å². The summed E-state index contributed by atoms with van der Waals surface area (Å²) in [6.07, 6.45) is 4.29. The number of likely N-dealkylation sites (tertiary alicyclic amines) is 1. The molecule has 7 nitrogen and oxygen atoms in total. The van der Waals surface area contributed by atoms with E-state index in [4.69, 9.17) is 13.9 Å². The molecule has 2 atom stereocenters. The molecule has 1 amide bonds. The highest BCUT2D eigenvalue weighted by Crippen LogP contribution is 2.27. The third-order valence-corrected chi connectivity index (χ3v) is 5.42. The van der Waals surface area contributed by atoms with Gasteiger partial charge in [0.2, 0.25) is 5.91 Å². The SMILES string of the molecule is CCOCCCN(Cc1ccco1)C(=O)[C@@H]1C[C@@H](O)CN1C1CCOCC1. The number of rotatable bonds is 9. The predicted molar refractivity (Wildman–Crippen MR) is 100 cm³/mol. The molecule has 2 fully saturated rings. The van der Waals surface area contributed by atoms with Gasteiger partial charge in [0.15, 0.2) is 0 Å². The summed E-state index contributed by atoms with van der Waals surface area (Å²) < 4.78 is 16.4. The summed E-state index contributed by atoms with van der Waals surface area (Å²) in [6.45, 7) is 6.37. The van der Waals surface area contributed by atoms with E-state index in [9.17, 15) is 9.90 Å². The lowest BCUT2D eigenvalue weighted by molar-refractivity contribution is -0.138. The van der Waals surface area contributed by atoms with E-state index in [1.807, 2.05) is 24.0 Å². The minimum absolute atomic E-state index is 0.0749. The molecule has 2 aliphatic rings. The Bertz CT molecular complexity index is 559. The minimum atomic E-state index is -0.448. The molecule has 3 rings (SSSR count). The van der Waals surface area contributed by atoms with E-state index in [0.717, 1.165) is 38.2 Å². The number of hydrogen-bond donors (Lipinski definition) is 1. The van der Waals surface area contributed by atoms with Gasteiger partial charge >= 0.3 is 0 Å². The first-order valence-electron chi connectivity index (χ1n) is 10.1. The molecule has 0 aromatic carbocycles. The van der Waals surface area contributed by atoms with Crippen LogP contribution in [0.2, 0.25) is 0 Å². The standard InChI is InChI=1S/C20H32N2O5/c1-2-25-9-4-8-21(15-18-5-3-10-27-18)20(24)19-13-17(23)14-22(19)16-6-11-26-12-7-16/h3,5,10,16-17,19,23H,2,4,6-9,11-15H2,1H3/t17-,19+/m1/s1. The highest BCUT2D eigenvalue weighted by atomic mass is 16.5. The number of carbonyl (C=O) groups is 1. The summed E-state index contributed by atoms with van der Waals surface area (Å²) in [6, 6.07) is 3.76. The first kappa shape index (κ1) is 20.3. The molecular weight excluding hydrogens is 348 g/mol. The first-order chi connectivity index (χ1) is 13.2. The minimum Gasteiger partial charge on any atom is -0.467 e. The highest BCUT2D eigenvalue weighted by Gasteiger charge is 2.41. The van der Waals surface area contributed by atoms with Crippen LogP contribution in [0.4, 0.5) is 0 Å². The predicted octanol–water partition coefficient (Wildman–Crippen LogP) is 1.65. The Balaban J connectivity index is 1.67. The molecule has 1 aromatic heterocycles. The summed E-state index contributed by atoms with van der Waals surface area (Å²) in [7, 11) is 0. The van der Waals surface area contributed by atoms with E-state index < -0.39 is 6.10 Å². The van der Waals surface area contributed by atoms with Gasteiger partial charge in [0.1, 0.15) is 5.76 Å². The Hall–Kier alpha value is -1.41. The molecule has 1 aromatic rings. The van der Waals surface area contributed by atoms with Crippen LogP contribution in [0.1, 0.15) is 38.4 Å². The number of carbonyl (C=O) groups excluding carboxylic acids is 1. The number of aliphatic hydroxyl groups is 1. The average molecular weight is 380 g/mol. The Kier molecular flexibility index (Phi) is 7.70. The maximum Gasteiger partial charge on any atom is 0.240 e. The summed E-state index contributed by atoms with van der Waals surface area (Å²) in [5, 5.41) is 10.3. The fourth-order valence-electron chi connectivity index (χ4n) is 4.07. The average Bonchev–Trinajstić information content (AvgIpc) is 3.34. The lowest BCUT2D eigenvalue weighted by Gasteiger charge is -2.36. The van der Waals surface area contributed by atoms with Crippen molar-refractivity contribution in [1.29, 1.82) is 0 Å². The summed E-state index contributed by atoms with van der Waals surface area (Å²) in [4.78, 5) is 17.4. The van der Waals surface area contributed by atoms with Crippen molar-refractivity contribution < 1.29 is 23.8 Å². The number of β-amino-alcohol motifs (C(OH)–C–C–N with tert-alkyl or cyclic N) is 1. The van der Waals surface area contributed by atoms with Crippen molar-refractivity contribution in [3.8, 4) is 0 Å². The normalized spacial score (nSPS) is 24.4. The van der Waals surface area contributed by atoms with Crippen LogP contribution < -0.4 is 0 Å². The van der Waals surface area contributed by atoms with Gasteiger partial charge in [-0.25, -0.2) is 0 Å². The number of nitrogens with zero attached hydrogens (tertiary/aromatic N) is 2. The van der Waals surface area contributed by atoms with Crippen LogP contribution in [0, 0.1) is 0 Å². The Labute approximate surface area is 161 Å². The Morgan fingerprint density at radius 1 is 1.41 bits per heavy atom. The van der Waals surface area contributed by atoms with Gasteiger partial charge in [0, 0.05) is 45.6 Å². The van der Waals surface area contributed by atoms with E-state index in [1.54, 1.807) is 6.26 Å². The van der Waals surface area contributed by atoms with Crippen molar-refractivity contribution in [2.45, 2.75) is 57.3 Å². The van der Waals surface area contributed by atoms with Crippen LogP contribution in [0.15, 0.2) is 22.8 Å².